The second-order valence-corrected chi connectivity index (χ2v) is 2.89. The predicted octanol–water partition coefficient (Wildman–Crippen LogP) is 0.128. The number of carbonyl (C=O) groups excluding carboxylic acids is 1. The van der Waals surface area contributed by atoms with Gasteiger partial charge in [0.15, 0.2) is 0 Å². The highest BCUT2D eigenvalue weighted by atomic mass is 16.6. The van der Waals surface area contributed by atoms with Crippen molar-refractivity contribution in [2.45, 2.75) is 12.5 Å². The van der Waals surface area contributed by atoms with Crippen LogP contribution in [0.15, 0.2) is 18.7 Å². The fourth-order valence-electron chi connectivity index (χ4n) is 1.26. The van der Waals surface area contributed by atoms with Crippen molar-refractivity contribution in [2.75, 3.05) is 6.61 Å². The van der Waals surface area contributed by atoms with Gasteiger partial charge in [0.25, 0.3) is 0 Å². The molecule has 1 saturated heterocycles. The molecule has 0 aromatic carbocycles. The molecule has 0 spiro atoms. The molecule has 2 heterocycles. The topological polar surface area (TPSA) is 64.1 Å². The van der Waals surface area contributed by atoms with Crippen LogP contribution in [0.5, 0.6) is 0 Å². The third-order valence-electron chi connectivity index (χ3n) is 1.83. The first-order valence-electron chi connectivity index (χ1n) is 4.02. The smallest absolute Gasteiger partial charge is 0.407 e. The van der Waals surface area contributed by atoms with Crippen LogP contribution in [0, 0.1) is 0 Å². The van der Waals surface area contributed by atoms with Crippen molar-refractivity contribution in [3.8, 4) is 0 Å². The number of carbonyl (C=O) groups is 1. The van der Waals surface area contributed by atoms with Gasteiger partial charge < -0.3 is 10.1 Å². The van der Waals surface area contributed by atoms with Gasteiger partial charge in [0.1, 0.15) is 12.9 Å². The first kappa shape index (κ1) is 7.97. The molecule has 1 atom stereocenters. The van der Waals surface area contributed by atoms with Crippen molar-refractivity contribution in [1.82, 2.24) is 15.3 Å². The molecule has 0 aliphatic carbocycles. The van der Waals surface area contributed by atoms with E-state index in [1.165, 1.54) is 6.33 Å². The molecule has 1 amide bonds. The van der Waals surface area contributed by atoms with E-state index in [0.29, 0.717) is 13.0 Å². The summed E-state index contributed by atoms with van der Waals surface area (Å²) in [5.74, 6) is 0. The van der Waals surface area contributed by atoms with E-state index in [1.807, 2.05) is 0 Å². The monoisotopic (exact) mass is 179 g/mol. The standard InChI is InChI=1S/C8H9N3O2/c12-8-11-7(4-13-8)1-6-2-9-5-10-3-6/h2-3,5,7H,1,4H2,(H,11,12). The number of aromatic nitrogens is 2. The van der Waals surface area contributed by atoms with Crippen molar-refractivity contribution >= 4 is 6.09 Å². The Morgan fingerprint density at radius 2 is 2.31 bits per heavy atom. The van der Waals surface area contributed by atoms with Crippen molar-refractivity contribution in [2.24, 2.45) is 0 Å². The zero-order valence-corrected chi connectivity index (χ0v) is 6.93. The van der Waals surface area contributed by atoms with Crippen molar-refractivity contribution in [3.63, 3.8) is 0 Å². The van der Waals surface area contributed by atoms with Gasteiger partial charge in [-0.1, -0.05) is 0 Å². The molecule has 68 valence electrons. The molecule has 1 aliphatic heterocycles. The molecule has 1 aliphatic rings. The maximum absolute atomic E-state index is 10.7. The van der Waals surface area contributed by atoms with Crippen molar-refractivity contribution in [3.05, 3.63) is 24.3 Å². The summed E-state index contributed by atoms with van der Waals surface area (Å²) in [7, 11) is 0. The highest BCUT2D eigenvalue weighted by Crippen LogP contribution is 2.04. The highest BCUT2D eigenvalue weighted by Gasteiger charge is 2.22. The van der Waals surface area contributed by atoms with Crippen molar-refractivity contribution in [1.29, 1.82) is 0 Å². The van der Waals surface area contributed by atoms with E-state index in [-0.39, 0.29) is 12.1 Å². The van der Waals surface area contributed by atoms with E-state index >= 15 is 0 Å². The average Bonchev–Trinajstić information content (AvgIpc) is 2.53. The number of hydrogen-bond donors (Lipinski definition) is 1. The normalized spacial score (nSPS) is 20.9. The lowest BCUT2D eigenvalue weighted by molar-refractivity contribution is 0.177. The molecule has 0 bridgehead atoms. The van der Waals surface area contributed by atoms with Crippen LogP contribution in [-0.4, -0.2) is 28.7 Å². The lowest BCUT2D eigenvalue weighted by Gasteiger charge is -2.04. The molecule has 0 radical (unpaired) electrons. The molecule has 1 N–H and O–H groups in total. The van der Waals surface area contributed by atoms with E-state index in [4.69, 9.17) is 4.74 Å². The minimum Gasteiger partial charge on any atom is -0.447 e. The molecular formula is C8H9N3O2. The molecule has 5 nitrogen and oxygen atoms in total. The summed E-state index contributed by atoms with van der Waals surface area (Å²) < 4.78 is 4.75. The lowest BCUT2D eigenvalue weighted by atomic mass is 10.1. The van der Waals surface area contributed by atoms with Gasteiger partial charge in [-0.05, 0) is 12.0 Å². The molecule has 0 saturated carbocycles. The summed E-state index contributed by atoms with van der Waals surface area (Å²) >= 11 is 0. The molecule has 1 aromatic heterocycles. The molecule has 1 aromatic rings. The highest BCUT2D eigenvalue weighted by molar-refractivity contribution is 5.69. The van der Waals surface area contributed by atoms with Crippen LogP contribution in [0.25, 0.3) is 0 Å². The Balaban J connectivity index is 1.96. The third kappa shape index (κ3) is 1.93. The Morgan fingerprint density at radius 1 is 1.54 bits per heavy atom. The van der Waals surface area contributed by atoms with Gasteiger partial charge in [-0.2, -0.15) is 0 Å². The van der Waals surface area contributed by atoms with Crippen LogP contribution in [0.3, 0.4) is 0 Å². The first-order valence-corrected chi connectivity index (χ1v) is 4.02. The van der Waals surface area contributed by atoms with Gasteiger partial charge >= 0.3 is 6.09 Å². The van der Waals surface area contributed by atoms with E-state index in [1.54, 1.807) is 12.4 Å². The minimum atomic E-state index is -0.346. The summed E-state index contributed by atoms with van der Waals surface area (Å²) in [5, 5.41) is 2.69. The Labute approximate surface area is 75.1 Å². The predicted molar refractivity (Wildman–Crippen MR) is 44.0 cm³/mol. The second kappa shape index (κ2) is 3.38. The lowest BCUT2D eigenvalue weighted by Crippen LogP contribution is -2.28. The van der Waals surface area contributed by atoms with Gasteiger partial charge in [0.2, 0.25) is 0 Å². The van der Waals surface area contributed by atoms with E-state index in [2.05, 4.69) is 15.3 Å². The second-order valence-electron chi connectivity index (χ2n) is 2.89. The van der Waals surface area contributed by atoms with Gasteiger partial charge in [0, 0.05) is 12.4 Å². The Bertz CT molecular complexity index is 302. The molecule has 5 heteroatoms. The van der Waals surface area contributed by atoms with E-state index < -0.39 is 0 Å². The average molecular weight is 179 g/mol. The molecule has 2 rings (SSSR count). The number of rotatable bonds is 2. The quantitative estimate of drug-likeness (QED) is 0.700. The van der Waals surface area contributed by atoms with Crippen LogP contribution >= 0.6 is 0 Å². The number of nitrogens with zero attached hydrogens (tertiary/aromatic N) is 2. The van der Waals surface area contributed by atoms with Gasteiger partial charge in [-0.25, -0.2) is 14.8 Å². The van der Waals surface area contributed by atoms with Gasteiger partial charge in [-0.3, -0.25) is 0 Å². The van der Waals surface area contributed by atoms with Crippen LogP contribution in [0.1, 0.15) is 5.56 Å². The summed E-state index contributed by atoms with van der Waals surface area (Å²) in [5.41, 5.74) is 0.998. The van der Waals surface area contributed by atoms with Crippen LogP contribution in [0.2, 0.25) is 0 Å². The molecule has 13 heavy (non-hydrogen) atoms. The molecule has 1 unspecified atom stereocenters. The fourth-order valence-corrected chi connectivity index (χ4v) is 1.26. The minimum absolute atomic E-state index is 0.0542. The number of amides is 1. The summed E-state index contributed by atoms with van der Waals surface area (Å²) in [6.07, 6.45) is 5.32. The first-order chi connectivity index (χ1) is 6.34. The summed E-state index contributed by atoms with van der Waals surface area (Å²) in [4.78, 5) is 18.4. The fraction of sp³-hybridized carbons (Fsp3) is 0.375. The van der Waals surface area contributed by atoms with Gasteiger partial charge in [-0.15, -0.1) is 0 Å². The van der Waals surface area contributed by atoms with E-state index in [9.17, 15) is 4.79 Å². The largest absolute Gasteiger partial charge is 0.447 e. The zero-order chi connectivity index (χ0) is 9.10. The number of cyclic esters (lactones) is 1. The Morgan fingerprint density at radius 3 is 2.92 bits per heavy atom. The number of nitrogens with one attached hydrogen (secondary N) is 1. The van der Waals surface area contributed by atoms with Crippen LogP contribution < -0.4 is 5.32 Å². The third-order valence-corrected chi connectivity index (χ3v) is 1.83. The van der Waals surface area contributed by atoms with Gasteiger partial charge in [0.05, 0.1) is 6.04 Å². The Kier molecular flexibility index (Phi) is 2.08. The number of ether oxygens (including phenoxy) is 1. The van der Waals surface area contributed by atoms with Crippen molar-refractivity contribution < 1.29 is 9.53 Å². The molecular weight excluding hydrogens is 170 g/mol. The molecule has 1 fully saturated rings. The van der Waals surface area contributed by atoms with Crippen LogP contribution in [0.4, 0.5) is 4.79 Å². The SMILES string of the molecule is O=C1NC(Cc2cncnc2)CO1. The van der Waals surface area contributed by atoms with E-state index in [0.717, 1.165) is 5.56 Å². The summed E-state index contributed by atoms with van der Waals surface area (Å²) in [6, 6.07) is 0.0542. The number of hydrogen-bond acceptors (Lipinski definition) is 4. The number of alkyl carbamates (subject to hydrolysis) is 1. The zero-order valence-electron chi connectivity index (χ0n) is 6.93. The Hall–Kier alpha value is -1.65. The van der Waals surface area contributed by atoms with Crippen LogP contribution in [-0.2, 0) is 11.2 Å². The maximum Gasteiger partial charge on any atom is 0.407 e. The maximum atomic E-state index is 10.7. The summed E-state index contributed by atoms with van der Waals surface area (Å²) in [6.45, 7) is 0.424.